The Morgan fingerprint density at radius 2 is 2.26 bits per heavy atom. The van der Waals surface area contributed by atoms with Gasteiger partial charge in [0.05, 0.1) is 16.6 Å². The summed E-state index contributed by atoms with van der Waals surface area (Å²) in [5.74, 6) is -0.476. The minimum atomic E-state index is -0.736. The molecule has 1 rings (SSSR count). The number of nitro benzene ring substituents is 1. The van der Waals surface area contributed by atoms with Gasteiger partial charge >= 0.3 is 5.69 Å². The summed E-state index contributed by atoms with van der Waals surface area (Å²) < 4.78 is 0. The second-order valence-corrected chi connectivity index (χ2v) is 3.77. The molecule has 0 radical (unpaired) electrons. The lowest BCUT2D eigenvalue weighted by Gasteiger charge is -2.13. The third kappa shape index (κ3) is 3.95. The quantitative estimate of drug-likeness (QED) is 0.490. The smallest absolute Gasteiger partial charge is 0.312 e. The molecule has 3 N–H and O–H groups in total. The lowest BCUT2D eigenvalue weighted by molar-refractivity contribution is -0.386. The third-order valence-electron chi connectivity index (χ3n) is 2.53. The van der Waals surface area contributed by atoms with Crippen molar-refractivity contribution in [3.8, 4) is 11.8 Å². The van der Waals surface area contributed by atoms with E-state index in [1.54, 1.807) is 6.08 Å². The maximum atomic E-state index is 10.8. The fraction of sp³-hybridized carbons (Fsp3) is 0.250. The van der Waals surface area contributed by atoms with Crippen molar-refractivity contribution in [2.75, 3.05) is 0 Å². The topological polar surface area (TPSA) is 113 Å². The summed E-state index contributed by atoms with van der Waals surface area (Å²) >= 11 is 0. The number of benzene rings is 1. The predicted molar refractivity (Wildman–Crippen MR) is 73.1 cm³/mol. The molecule has 0 aliphatic carbocycles. The SMILES string of the molecule is C=CCC[C@H](N)c1cc(C#N)cc([N+](=O)[O-])c1O.Cl. The van der Waals surface area contributed by atoms with Gasteiger partial charge in [-0.15, -0.1) is 19.0 Å². The highest BCUT2D eigenvalue weighted by molar-refractivity contribution is 5.85. The number of nitrogens with zero attached hydrogens (tertiary/aromatic N) is 2. The van der Waals surface area contributed by atoms with Gasteiger partial charge < -0.3 is 10.8 Å². The minimum Gasteiger partial charge on any atom is -0.502 e. The molecule has 0 fully saturated rings. The van der Waals surface area contributed by atoms with Crippen molar-refractivity contribution in [3.63, 3.8) is 0 Å². The van der Waals surface area contributed by atoms with Crippen molar-refractivity contribution >= 4 is 18.1 Å². The fourth-order valence-corrected chi connectivity index (χ4v) is 1.58. The van der Waals surface area contributed by atoms with Gasteiger partial charge in [0.1, 0.15) is 0 Å². The van der Waals surface area contributed by atoms with Crippen LogP contribution >= 0.6 is 12.4 Å². The Balaban J connectivity index is 0.00000324. The minimum absolute atomic E-state index is 0. The van der Waals surface area contributed by atoms with Crippen LogP contribution in [0.25, 0.3) is 0 Å². The molecule has 0 spiro atoms. The molecule has 0 saturated heterocycles. The van der Waals surface area contributed by atoms with Gasteiger partial charge in [-0.1, -0.05) is 6.08 Å². The normalized spacial score (nSPS) is 10.9. The third-order valence-corrected chi connectivity index (χ3v) is 2.53. The van der Waals surface area contributed by atoms with E-state index in [-0.39, 0.29) is 23.5 Å². The largest absolute Gasteiger partial charge is 0.502 e. The zero-order valence-corrected chi connectivity index (χ0v) is 10.9. The van der Waals surface area contributed by atoms with E-state index in [0.717, 1.165) is 6.07 Å². The molecule has 0 aromatic heterocycles. The van der Waals surface area contributed by atoms with Crippen LogP contribution < -0.4 is 5.73 Å². The molecule has 6 nitrogen and oxygen atoms in total. The highest BCUT2D eigenvalue weighted by Gasteiger charge is 2.22. The van der Waals surface area contributed by atoms with Crippen LogP contribution in [0.2, 0.25) is 0 Å². The number of hydrogen-bond acceptors (Lipinski definition) is 5. The molecule has 0 amide bonds. The number of nitro groups is 1. The lowest BCUT2D eigenvalue weighted by Crippen LogP contribution is -2.11. The summed E-state index contributed by atoms with van der Waals surface area (Å²) in [5.41, 5.74) is 5.64. The van der Waals surface area contributed by atoms with E-state index in [2.05, 4.69) is 6.58 Å². The van der Waals surface area contributed by atoms with Gasteiger partial charge in [0.25, 0.3) is 0 Å². The van der Waals surface area contributed by atoms with Crippen molar-refractivity contribution in [2.45, 2.75) is 18.9 Å². The molecule has 0 saturated carbocycles. The zero-order chi connectivity index (χ0) is 13.7. The Morgan fingerprint density at radius 1 is 1.63 bits per heavy atom. The number of nitrogens with two attached hydrogens (primary N) is 1. The number of rotatable bonds is 5. The molecule has 1 atom stereocenters. The number of halogens is 1. The van der Waals surface area contributed by atoms with Crippen LogP contribution in [0, 0.1) is 21.4 Å². The van der Waals surface area contributed by atoms with E-state index in [9.17, 15) is 15.2 Å². The summed E-state index contributed by atoms with van der Waals surface area (Å²) in [6.45, 7) is 3.55. The van der Waals surface area contributed by atoms with E-state index in [4.69, 9.17) is 11.0 Å². The Hall–Kier alpha value is -2.10. The number of phenolic OH excluding ortho intramolecular Hbond substituents is 1. The molecule has 0 unspecified atom stereocenters. The number of nitriles is 1. The second kappa shape index (κ2) is 7.36. The fourth-order valence-electron chi connectivity index (χ4n) is 1.58. The first-order valence-electron chi connectivity index (χ1n) is 5.29. The van der Waals surface area contributed by atoms with Gasteiger partial charge in [-0.05, 0) is 18.9 Å². The van der Waals surface area contributed by atoms with E-state index < -0.39 is 22.4 Å². The summed E-state index contributed by atoms with van der Waals surface area (Å²) in [5, 5.41) is 29.4. The molecule has 19 heavy (non-hydrogen) atoms. The van der Waals surface area contributed by atoms with Crippen LogP contribution in [0.1, 0.15) is 30.0 Å². The van der Waals surface area contributed by atoms with Crippen LogP contribution in [-0.4, -0.2) is 10.0 Å². The van der Waals surface area contributed by atoms with Crippen molar-refractivity contribution in [2.24, 2.45) is 5.73 Å². The second-order valence-electron chi connectivity index (χ2n) is 3.77. The molecule has 1 aromatic rings. The van der Waals surface area contributed by atoms with Gasteiger partial charge in [0.2, 0.25) is 0 Å². The highest BCUT2D eigenvalue weighted by Crippen LogP contribution is 2.35. The summed E-state index contributed by atoms with van der Waals surface area (Å²) in [7, 11) is 0. The molecule has 0 aliphatic rings. The Kier molecular flexibility index (Phi) is 6.55. The van der Waals surface area contributed by atoms with Gasteiger partial charge in [-0.25, -0.2) is 0 Å². The standard InChI is InChI=1S/C12H13N3O3.ClH/c1-2-3-4-10(14)9-5-8(7-13)6-11(12(9)16)15(17)18;/h2,5-6,10,16H,1,3-4,14H2;1H/t10-;/m0./s1. The molecule has 1 aromatic carbocycles. The maximum Gasteiger partial charge on any atom is 0.312 e. The van der Waals surface area contributed by atoms with Gasteiger partial charge in [-0.3, -0.25) is 10.1 Å². The molecular formula is C12H14ClN3O3. The molecule has 102 valence electrons. The van der Waals surface area contributed by atoms with Crippen molar-refractivity contribution in [1.82, 2.24) is 0 Å². The monoisotopic (exact) mass is 283 g/mol. The zero-order valence-electron chi connectivity index (χ0n) is 10.1. The van der Waals surface area contributed by atoms with Gasteiger partial charge in [0, 0.05) is 17.7 Å². The van der Waals surface area contributed by atoms with Crippen LogP contribution in [-0.2, 0) is 0 Å². The Labute approximate surface area is 116 Å². The predicted octanol–water partition coefficient (Wildman–Crippen LogP) is 2.56. The Morgan fingerprint density at radius 3 is 2.74 bits per heavy atom. The Bertz CT molecular complexity index is 526. The van der Waals surface area contributed by atoms with E-state index >= 15 is 0 Å². The molecule has 7 heteroatoms. The molecule has 0 aliphatic heterocycles. The lowest BCUT2D eigenvalue weighted by atomic mass is 9.99. The summed E-state index contributed by atoms with van der Waals surface area (Å²) in [4.78, 5) is 10.0. The first-order valence-corrected chi connectivity index (χ1v) is 5.29. The van der Waals surface area contributed by atoms with Crippen molar-refractivity contribution in [3.05, 3.63) is 46.0 Å². The van der Waals surface area contributed by atoms with Crippen LogP contribution in [0.5, 0.6) is 5.75 Å². The number of phenols is 1. The van der Waals surface area contributed by atoms with Crippen LogP contribution in [0.4, 0.5) is 5.69 Å². The molecule has 0 bridgehead atoms. The number of allylic oxidation sites excluding steroid dienone is 1. The average molecular weight is 284 g/mol. The maximum absolute atomic E-state index is 10.8. The molecule has 0 heterocycles. The van der Waals surface area contributed by atoms with Gasteiger partial charge in [-0.2, -0.15) is 5.26 Å². The van der Waals surface area contributed by atoms with Crippen LogP contribution in [0.15, 0.2) is 24.8 Å². The van der Waals surface area contributed by atoms with Gasteiger partial charge in [0.15, 0.2) is 5.75 Å². The summed E-state index contributed by atoms with van der Waals surface area (Å²) in [6.07, 6.45) is 2.77. The van der Waals surface area contributed by atoms with Crippen molar-refractivity contribution < 1.29 is 10.0 Å². The number of hydrogen-bond donors (Lipinski definition) is 2. The van der Waals surface area contributed by atoms with Crippen molar-refractivity contribution in [1.29, 1.82) is 5.26 Å². The average Bonchev–Trinajstić information content (AvgIpc) is 2.35. The highest BCUT2D eigenvalue weighted by atomic mass is 35.5. The first kappa shape index (κ1) is 16.9. The van der Waals surface area contributed by atoms with E-state index in [1.165, 1.54) is 6.07 Å². The molecular weight excluding hydrogens is 270 g/mol. The summed E-state index contributed by atoms with van der Waals surface area (Å²) in [6, 6.07) is 3.63. The van der Waals surface area contributed by atoms with E-state index in [1.807, 2.05) is 6.07 Å². The first-order chi connectivity index (χ1) is 8.51. The number of aromatic hydroxyl groups is 1. The van der Waals surface area contributed by atoms with Crippen LogP contribution in [0.3, 0.4) is 0 Å². The van der Waals surface area contributed by atoms with E-state index in [0.29, 0.717) is 12.8 Å².